The largest absolute Gasteiger partial charge is 0.469 e. The molecule has 0 saturated carbocycles. The lowest BCUT2D eigenvalue weighted by molar-refractivity contribution is -0.0503. The third kappa shape index (κ3) is 3.25. The maximum Gasteiger partial charge on any atom is 0.469 e. The molecule has 2 aromatic rings. The van der Waals surface area contributed by atoms with E-state index in [1.807, 2.05) is 0 Å². The number of aliphatic hydroxyl groups excluding tert-OH is 2. The van der Waals surface area contributed by atoms with Crippen molar-refractivity contribution in [3.63, 3.8) is 0 Å². The van der Waals surface area contributed by atoms with Crippen LogP contribution in [0.5, 0.6) is 0 Å². The van der Waals surface area contributed by atoms with E-state index in [4.69, 9.17) is 26.1 Å². The SMILES string of the molecule is O=P(O)(O)OCC1O[C@@H](n2cnc3c(Cl)ccnc32)[C@H](O)[C@@H]1O. The first kappa shape index (κ1) is 16.7. The zero-order valence-electron chi connectivity index (χ0n) is 11.4. The molecule has 3 rings (SSSR count). The highest BCUT2D eigenvalue weighted by Gasteiger charge is 2.45. The summed E-state index contributed by atoms with van der Waals surface area (Å²) in [5.74, 6) is 0. The molecule has 2 aromatic heterocycles. The minimum atomic E-state index is -4.71. The fourth-order valence-corrected chi connectivity index (χ4v) is 2.89. The molecular formula is C11H13ClN3O7P. The van der Waals surface area contributed by atoms with Gasteiger partial charge in [0.15, 0.2) is 11.9 Å². The number of hydrogen-bond donors (Lipinski definition) is 4. The molecule has 0 amide bonds. The van der Waals surface area contributed by atoms with Crippen molar-refractivity contribution in [2.75, 3.05) is 6.61 Å². The average Bonchev–Trinajstić information content (AvgIpc) is 3.01. The van der Waals surface area contributed by atoms with Crippen LogP contribution in [0.4, 0.5) is 0 Å². The summed E-state index contributed by atoms with van der Waals surface area (Å²) in [7, 11) is -4.71. The van der Waals surface area contributed by atoms with E-state index in [1.54, 1.807) is 6.07 Å². The van der Waals surface area contributed by atoms with Crippen LogP contribution in [0.3, 0.4) is 0 Å². The van der Waals surface area contributed by atoms with Crippen LogP contribution < -0.4 is 0 Å². The molecule has 1 fully saturated rings. The van der Waals surface area contributed by atoms with Crippen LogP contribution >= 0.6 is 19.4 Å². The van der Waals surface area contributed by atoms with Crippen LogP contribution in [0.25, 0.3) is 11.2 Å². The van der Waals surface area contributed by atoms with Crippen molar-refractivity contribution in [1.82, 2.24) is 14.5 Å². The van der Waals surface area contributed by atoms with Gasteiger partial charge in [0.2, 0.25) is 0 Å². The summed E-state index contributed by atoms with van der Waals surface area (Å²) < 4.78 is 21.9. The molecule has 1 saturated heterocycles. The lowest BCUT2D eigenvalue weighted by atomic mass is 10.1. The second kappa shape index (κ2) is 6.08. The van der Waals surface area contributed by atoms with Crippen molar-refractivity contribution < 1.29 is 33.8 Å². The molecule has 23 heavy (non-hydrogen) atoms. The summed E-state index contributed by atoms with van der Waals surface area (Å²) in [6.45, 7) is -0.584. The van der Waals surface area contributed by atoms with Gasteiger partial charge in [-0.25, -0.2) is 14.5 Å². The van der Waals surface area contributed by atoms with E-state index < -0.39 is 39.0 Å². The van der Waals surface area contributed by atoms with Crippen LogP contribution in [-0.4, -0.2) is 59.5 Å². The normalized spacial score (nSPS) is 28.6. The Morgan fingerprint density at radius 1 is 1.35 bits per heavy atom. The zero-order chi connectivity index (χ0) is 16.8. The second-order valence-electron chi connectivity index (χ2n) is 4.95. The summed E-state index contributed by atoms with van der Waals surface area (Å²) >= 11 is 6.00. The second-order valence-corrected chi connectivity index (χ2v) is 6.60. The molecule has 0 aliphatic carbocycles. The van der Waals surface area contributed by atoms with E-state index in [-0.39, 0.29) is 0 Å². The van der Waals surface area contributed by atoms with Crippen LogP contribution in [-0.2, 0) is 13.8 Å². The Labute approximate surface area is 134 Å². The molecule has 0 spiro atoms. The first-order valence-electron chi connectivity index (χ1n) is 6.46. The number of imidazole rings is 1. The quantitative estimate of drug-likeness (QED) is 0.541. The Hall–Kier alpha value is -1.10. The highest BCUT2D eigenvalue weighted by molar-refractivity contribution is 7.46. The molecule has 4 atom stereocenters. The Bertz CT molecular complexity index is 765. The first-order chi connectivity index (χ1) is 10.8. The average molecular weight is 366 g/mol. The van der Waals surface area contributed by atoms with Gasteiger partial charge in [-0.2, -0.15) is 0 Å². The monoisotopic (exact) mass is 365 g/mol. The summed E-state index contributed by atoms with van der Waals surface area (Å²) in [4.78, 5) is 25.6. The molecule has 1 aliphatic heterocycles. The molecular weight excluding hydrogens is 353 g/mol. The summed E-state index contributed by atoms with van der Waals surface area (Å²) in [6.07, 6.45) is -2.14. The Kier molecular flexibility index (Phi) is 4.43. The minimum Gasteiger partial charge on any atom is -0.387 e. The number of hydrogen-bond acceptors (Lipinski definition) is 7. The van der Waals surface area contributed by atoms with Crippen molar-refractivity contribution >= 4 is 30.6 Å². The summed E-state index contributed by atoms with van der Waals surface area (Å²) in [5, 5.41) is 20.4. The van der Waals surface area contributed by atoms with E-state index in [0.717, 1.165) is 0 Å². The van der Waals surface area contributed by atoms with Gasteiger partial charge in [-0.15, -0.1) is 0 Å². The minimum absolute atomic E-state index is 0.338. The Morgan fingerprint density at radius 2 is 2.09 bits per heavy atom. The molecule has 1 aliphatic rings. The Balaban J connectivity index is 1.85. The molecule has 3 heterocycles. The molecule has 126 valence electrons. The summed E-state index contributed by atoms with van der Waals surface area (Å²) in [5.41, 5.74) is 0.736. The lowest BCUT2D eigenvalue weighted by Gasteiger charge is -2.16. The number of rotatable bonds is 4. The van der Waals surface area contributed by atoms with Crippen molar-refractivity contribution in [2.24, 2.45) is 0 Å². The van der Waals surface area contributed by atoms with E-state index in [1.165, 1.54) is 17.1 Å². The van der Waals surface area contributed by atoms with E-state index >= 15 is 0 Å². The van der Waals surface area contributed by atoms with Gasteiger partial charge in [-0.1, -0.05) is 11.6 Å². The van der Waals surface area contributed by atoms with E-state index in [9.17, 15) is 14.8 Å². The molecule has 0 radical (unpaired) electrons. The third-order valence-corrected chi connectivity index (χ3v) is 4.22. The number of nitrogens with zero attached hydrogens (tertiary/aromatic N) is 3. The highest BCUT2D eigenvalue weighted by Crippen LogP contribution is 2.38. The maximum absolute atomic E-state index is 10.7. The topological polar surface area (TPSA) is 147 Å². The van der Waals surface area contributed by atoms with Crippen LogP contribution in [0.15, 0.2) is 18.6 Å². The van der Waals surface area contributed by atoms with Crippen LogP contribution in [0.1, 0.15) is 6.23 Å². The molecule has 0 aromatic carbocycles. The Morgan fingerprint density at radius 3 is 2.78 bits per heavy atom. The van der Waals surface area contributed by atoms with Crippen molar-refractivity contribution in [1.29, 1.82) is 0 Å². The number of pyridine rings is 1. The van der Waals surface area contributed by atoms with Gasteiger partial charge in [0.25, 0.3) is 0 Å². The van der Waals surface area contributed by atoms with E-state index in [2.05, 4.69) is 14.5 Å². The molecule has 10 nitrogen and oxygen atoms in total. The number of aliphatic hydroxyl groups is 2. The zero-order valence-corrected chi connectivity index (χ0v) is 13.1. The first-order valence-corrected chi connectivity index (χ1v) is 8.37. The lowest BCUT2D eigenvalue weighted by Crippen LogP contribution is -2.33. The predicted molar refractivity (Wildman–Crippen MR) is 76.5 cm³/mol. The molecule has 12 heteroatoms. The van der Waals surface area contributed by atoms with Crippen molar-refractivity contribution in [3.8, 4) is 0 Å². The summed E-state index contributed by atoms with van der Waals surface area (Å²) in [6, 6.07) is 1.55. The number of aromatic nitrogens is 3. The smallest absolute Gasteiger partial charge is 0.387 e. The predicted octanol–water partition coefficient (Wildman–Crippen LogP) is -0.187. The van der Waals surface area contributed by atoms with Gasteiger partial charge < -0.3 is 24.7 Å². The standard InChI is InChI=1S/C11H13ClN3O7P/c12-5-1-2-13-10-7(5)14-4-15(10)11-9(17)8(16)6(22-11)3-21-23(18,19)20/h1-2,4,6,8-9,11,16-17H,3H2,(H2,18,19,20)/t6?,8-,9-,11-/m1/s1. The number of ether oxygens (including phenoxy) is 1. The van der Waals surface area contributed by atoms with E-state index in [0.29, 0.717) is 16.2 Å². The fraction of sp³-hybridized carbons (Fsp3) is 0.455. The van der Waals surface area contributed by atoms with Gasteiger partial charge in [0.1, 0.15) is 23.8 Å². The number of phosphoric acid groups is 1. The van der Waals surface area contributed by atoms with Gasteiger partial charge in [-0.3, -0.25) is 9.09 Å². The van der Waals surface area contributed by atoms with Gasteiger partial charge >= 0.3 is 7.82 Å². The van der Waals surface area contributed by atoms with Gasteiger partial charge in [0.05, 0.1) is 18.0 Å². The number of phosphoric ester groups is 1. The third-order valence-electron chi connectivity index (χ3n) is 3.43. The maximum atomic E-state index is 10.7. The number of halogens is 1. The van der Waals surface area contributed by atoms with Crippen molar-refractivity contribution in [2.45, 2.75) is 24.5 Å². The molecule has 1 unspecified atom stereocenters. The van der Waals surface area contributed by atoms with Crippen molar-refractivity contribution in [3.05, 3.63) is 23.6 Å². The van der Waals surface area contributed by atoms with Gasteiger partial charge in [-0.05, 0) is 6.07 Å². The molecule has 0 bridgehead atoms. The highest BCUT2D eigenvalue weighted by atomic mass is 35.5. The van der Waals surface area contributed by atoms with Gasteiger partial charge in [0, 0.05) is 6.20 Å². The van der Waals surface area contributed by atoms with Crippen LogP contribution in [0.2, 0.25) is 5.02 Å². The molecule has 4 N–H and O–H groups in total. The number of fused-ring (bicyclic) bond motifs is 1. The van der Waals surface area contributed by atoms with Crippen LogP contribution in [0, 0.1) is 0 Å². The fourth-order valence-electron chi connectivity index (χ4n) is 2.36.